The minimum Gasteiger partial charge on any atom is -0.103 e. The van der Waals surface area contributed by atoms with E-state index in [2.05, 4.69) is 41.2 Å². The van der Waals surface area contributed by atoms with Crippen molar-refractivity contribution in [2.24, 2.45) is 11.8 Å². The van der Waals surface area contributed by atoms with Crippen molar-refractivity contribution in [1.82, 2.24) is 0 Å². The number of rotatable bonds is 1. The van der Waals surface area contributed by atoms with E-state index in [1.165, 1.54) is 0 Å². The topological polar surface area (TPSA) is 0 Å². The summed E-state index contributed by atoms with van der Waals surface area (Å²) in [6.45, 7) is 14.3. The molecule has 72 valence electrons. The van der Waals surface area contributed by atoms with Crippen molar-refractivity contribution in [3.8, 4) is 0 Å². The first kappa shape index (κ1) is 22.4. The van der Waals surface area contributed by atoms with Gasteiger partial charge in [-0.3, -0.25) is 0 Å². The van der Waals surface area contributed by atoms with Crippen molar-refractivity contribution in [1.29, 1.82) is 0 Å². The van der Waals surface area contributed by atoms with Crippen molar-refractivity contribution in [3.05, 3.63) is 12.7 Å². The highest BCUT2D eigenvalue weighted by Gasteiger charge is 1.73. The summed E-state index contributed by atoms with van der Waals surface area (Å²) in [7, 11) is 0. The van der Waals surface area contributed by atoms with E-state index in [-0.39, 0.29) is 14.9 Å². The van der Waals surface area contributed by atoms with Crippen LogP contribution in [0.25, 0.3) is 0 Å². The Labute approximate surface area is 74.7 Å². The lowest BCUT2D eigenvalue weighted by Crippen LogP contribution is -1.71. The Kier molecular flexibility index (Phi) is 33.4. The lowest BCUT2D eigenvalue weighted by Gasteiger charge is -1.84. The van der Waals surface area contributed by atoms with Crippen LogP contribution < -0.4 is 0 Å². The van der Waals surface area contributed by atoms with Gasteiger partial charge in [-0.2, -0.15) is 0 Å². The van der Waals surface area contributed by atoms with Crippen LogP contribution >= 0.6 is 0 Å². The van der Waals surface area contributed by atoms with E-state index in [9.17, 15) is 0 Å². The zero-order valence-electron chi connectivity index (χ0n) is 7.44. The Morgan fingerprint density at radius 2 is 1.00 bits per heavy atom. The Morgan fingerprint density at radius 3 is 1.00 bits per heavy atom. The van der Waals surface area contributed by atoms with Gasteiger partial charge < -0.3 is 0 Å². The van der Waals surface area contributed by atoms with Gasteiger partial charge in [-0.25, -0.2) is 0 Å². The second kappa shape index (κ2) is 16.4. The fourth-order valence-corrected chi connectivity index (χ4v) is 0. The summed E-state index contributed by atoms with van der Waals surface area (Å²) < 4.78 is 0. The highest BCUT2D eigenvalue weighted by Crippen LogP contribution is 1.87. The van der Waals surface area contributed by atoms with Crippen molar-refractivity contribution in [3.63, 3.8) is 0 Å². The maximum Gasteiger partial charge on any atom is -0.0293 e. The molecule has 0 aromatic heterocycles. The first-order valence-corrected chi connectivity index (χ1v) is 3.63. The van der Waals surface area contributed by atoms with Crippen molar-refractivity contribution in [2.45, 2.75) is 49.5 Å². The van der Waals surface area contributed by atoms with Gasteiger partial charge in [0.25, 0.3) is 0 Å². The second-order valence-electron chi connectivity index (χ2n) is 3.21. The minimum atomic E-state index is 0. The molecule has 0 aliphatic heterocycles. The third-order valence-electron chi connectivity index (χ3n) is 0.471. The quantitative estimate of drug-likeness (QED) is 0.485. The van der Waals surface area contributed by atoms with E-state index < -0.39 is 0 Å². The van der Waals surface area contributed by atoms with E-state index in [4.69, 9.17) is 0 Å². The summed E-state index contributed by atoms with van der Waals surface area (Å²) in [5.41, 5.74) is 0. The molecule has 0 bridgehead atoms. The average molecular weight is 160 g/mol. The largest absolute Gasteiger partial charge is 0.103 e. The van der Waals surface area contributed by atoms with Crippen LogP contribution in [0.3, 0.4) is 0 Å². The van der Waals surface area contributed by atoms with Gasteiger partial charge in [-0.1, -0.05) is 55.5 Å². The molecule has 0 rings (SSSR count). The molecule has 0 saturated heterocycles. The molecule has 0 heterocycles. The Bertz CT molecular complexity index is 48.3. The van der Waals surface area contributed by atoms with E-state index in [0.717, 1.165) is 5.92 Å². The van der Waals surface area contributed by atoms with Crippen LogP contribution in [-0.2, 0) is 0 Å². The summed E-state index contributed by atoms with van der Waals surface area (Å²) in [6.07, 6.45) is 1.92. The van der Waals surface area contributed by atoms with Crippen molar-refractivity contribution in [2.75, 3.05) is 0 Å². The fraction of sp³-hybridized carbons (Fsp3) is 0.818. The molecule has 11 heavy (non-hydrogen) atoms. The van der Waals surface area contributed by atoms with E-state index in [1.807, 2.05) is 6.08 Å². The van der Waals surface area contributed by atoms with Crippen LogP contribution in [-0.4, -0.2) is 0 Å². The molecule has 0 atom stereocenters. The lowest BCUT2D eigenvalue weighted by atomic mass is 10.2. The SMILES string of the molecule is C.C.C=CC(C)C.CC(C)C. The molecule has 0 radical (unpaired) electrons. The maximum absolute atomic E-state index is 3.56. The van der Waals surface area contributed by atoms with Gasteiger partial charge in [0.2, 0.25) is 0 Å². The van der Waals surface area contributed by atoms with Gasteiger partial charge in [0, 0.05) is 0 Å². The first-order chi connectivity index (χ1) is 4.00. The molecule has 0 saturated carbocycles. The van der Waals surface area contributed by atoms with Crippen LogP contribution in [0.1, 0.15) is 49.5 Å². The van der Waals surface area contributed by atoms with Crippen LogP contribution in [0.15, 0.2) is 12.7 Å². The molecule has 0 nitrogen and oxygen atoms in total. The fourth-order valence-electron chi connectivity index (χ4n) is 0. The van der Waals surface area contributed by atoms with Gasteiger partial charge >= 0.3 is 0 Å². The first-order valence-electron chi connectivity index (χ1n) is 3.63. The maximum atomic E-state index is 3.56. The molecule has 0 aromatic rings. The van der Waals surface area contributed by atoms with Gasteiger partial charge in [0.15, 0.2) is 0 Å². The number of allylic oxidation sites excluding steroid dienone is 1. The third-order valence-corrected chi connectivity index (χ3v) is 0.471. The second-order valence-corrected chi connectivity index (χ2v) is 3.21. The standard InChI is InChI=1S/C5H10.C4H10.2CH4/c1-4-5(2)3;1-4(2)3;;/h4-5H,1H2,2-3H3;4H,1-3H3;2*1H4. The number of hydrogen-bond acceptors (Lipinski definition) is 0. The highest BCUT2D eigenvalue weighted by atomic mass is 13.8. The normalized spacial score (nSPS) is 7.18. The lowest BCUT2D eigenvalue weighted by molar-refractivity contribution is 0.737. The van der Waals surface area contributed by atoms with E-state index in [0.29, 0.717) is 5.92 Å². The smallest absolute Gasteiger partial charge is 0.0293 e. The Morgan fingerprint density at radius 1 is 0.909 bits per heavy atom. The van der Waals surface area contributed by atoms with Crippen molar-refractivity contribution >= 4 is 0 Å². The van der Waals surface area contributed by atoms with Crippen LogP contribution in [0.2, 0.25) is 0 Å². The molecule has 0 aliphatic carbocycles. The van der Waals surface area contributed by atoms with E-state index in [1.54, 1.807) is 0 Å². The third kappa shape index (κ3) is 193. The Balaban J connectivity index is -0.0000000383. The highest BCUT2D eigenvalue weighted by molar-refractivity contribution is 4.69. The monoisotopic (exact) mass is 160 g/mol. The zero-order chi connectivity index (χ0) is 7.86. The molecule has 0 heteroatoms. The van der Waals surface area contributed by atoms with Crippen LogP contribution in [0, 0.1) is 11.8 Å². The predicted molar refractivity (Wildman–Crippen MR) is 59.0 cm³/mol. The molecule has 0 N–H and O–H groups in total. The summed E-state index contributed by atoms with van der Waals surface area (Å²) in [5, 5.41) is 0. The molecule has 0 aromatic carbocycles. The van der Waals surface area contributed by atoms with Gasteiger partial charge in [0.05, 0.1) is 0 Å². The predicted octanol–water partition coefficient (Wildman–Crippen LogP) is 4.76. The summed E-state index contributed by atoms with van der Waals surface area (Å²) >= 11 is 0. The molecule has 0 unspecified atom stereocenters. The minimum absolute atomic E-state index is 0. The van der Waals surface area contributed by atoms with Gasteiger partial charge in [0.1, 0.15) is 0 Å². The Hall–Kier alpha value is -0.260. The molecular formula is C11H28. The van der Waals surface area contributed by atoms with Gasteiger partial charge in [-0.15, -0.1) is 6.58 Å². The van der Waals surface area contributed by atoms with Crippen molar-refractivity contribution < 1.29 is 0 Å². The summed E-state index contributed by atoms with van der Waals surface area (Å²) in [6, 6.07) is 0. The van der Waals surface area contributed by atoms with Gasteiger partial charge in [-0.05, 0) is 11.8 Å². The molecule has 0 fully saturated rings. The molecular weight excluding hydrogens is 132 g/mol. The average Bonchev–Trinajstić information content (AvgIpc) is 1.65. The molecule has 0 amide bonds. The number of hydrogen-bond donors (Lipinski definition) is 0. The van der Waals surface area contributed by atoms with E-state index >= 15 is 0 Å². The summed E-state index contributed by atoms with van der Waals surface area (Å²) in [5.74, 6) is 1.48. The molecule has 0 spiro atoms. The zero-order valence-corrected chi connectivity index (χ0v) is 7.44. The van der Waals surface area contributed by atoms with Crippen LogP contribution in [0.4, 0.5) is 0 Å². The summed E-state index contributed by atoms with van der Waals surface area (Å²) in [4.78, 5) is 0. The van der Waals surface area contributed by atoms with Crippen LogP contribution in [0.5, 0.6) is 0 Å². The molecule has 0 aliphatic rings.